The molecule has 5 heteroatoms. The summed E-state index contributed by atoms with van der Waals surface area (Å²) in [7, 11) is 0. The van der Waals surface area contributed by atoms with E-state index in [-0.39, 0.29) is 5.91 Å². The monoisotopic (exact) mass is 383 g/mol. The quantitative estimate of drug-likeness (QED) is 0.730. The first-order valence-corrected chi connectivity index (χ1v) is 10.4. The van der Waals surface area contributed by atoms with Gasteiger partial charge in [-0.15, -0.1) is 0 Å². The van der Waals surface area contributed by atoms with Gasteiger partial charge in [0.25, 0.3) is 5.91 Å². The summed E-state index contributed by atoms with van der Waals surface area (Å²) in [6.45, 7) is 14.7. The van der Waals surface area contributed by atoms with Crippen molar-refractivity contribution in [1.82, 2.24) is 14.7 Å². The van der Waals surface area contributed by atoms with Crippen molar-refractivity contribution in [2.45, 2.75) is 46.8 Å². The van der Waals surface area contributed by atoms with Crippen molar-refractivity contribution in [3.63, 3.8) is 0 Å². The van der Waals surface area contributed by atoms with Gasteiger partial charge >= 0.3 is 0 Å². The average molecular weight is 384 g/mol. The van der Waals surface area contributed by atoms with E-state index in [2.05, 4.69) is 61.8 Å². The Balaban J connectivity index is 1.63. The predicted octanol–water partition coefficient (Wildman–Crippen LogP) is 3.78. The molecule has 0 unspecified atom stereocenters. The Labute approximate surface area is 168 Å². The molecule has 1 aromatic heterocycles. The van der Waals surface area contributed by atoms with Crippen LogP contribution in [0.2, 0.25) is 0 Å². The number of aryl methyl sites for hydroxylation is 1. The Hall–Kier alpha value is -2.11. The smallest absolute Gasteiger partial charge is 0.289 e. The van der Waals surface area contributed by atoms with Crippen LogP contribution < -0.4 is 0 Å². The van der Waals surface area contributed by atoms with Crippen LogP contribution in [0.3, 0.4) is 0 Å². The molecule has 5 nitrogen and oxygen atoms in total. The van der Waals surface area contributed by atoms with Crippen molar-refractivity contribution >= 4 is 5.91 Å². The van der Waals surface area contributed by atoms with Gasteiger partial charge in [0, 0.05) is 38.8 Å². The average Bonchev–Trinajstić information content (AvgIpc) is 3.17. The second-order valence-corrected chi connectivity index (χ2v) is 7.92. The second-order valence-electron chi connectivity index (χ2n) is 7.92. The molecule has 152 valence electrons. The Morgan fingerprint density at radius 3 is 2.43 bits per heavy atom. The lowest BCUT2D eigenvalue weighted by Gasteiger charge is -2.33. The van der Waals surface area contributed by atoms with Crippen LogP contribution in [0.4, 0.5) is 0 Å². The molecular formula is C23H33N3O2. The molecular weight excluding hydrogens is 350 g/mol. The predicted molar refractivity (Wildman–Crippen MR) is 112 cm³/mol. The molecule has 1 saturated heterocycles. The van der Waals surface area contributed by atoms with Crippen LogP contribution in [-0.4, -0.2) is 59.4 Å². The number of furan rings is 1. The van der Waals surface area contributed by atoms with E-state index >= 15 is 0 Å². The Morgan fingerprint density at radius 1 is 1.07 bits per heavy atom. The normalized spacial score (nSPS) is 15.6. The number of carbonyl (C=O) groups is 1. The number of hydrogen-bond acceptors (Lipinski definition) is 4. The summed E-state index contributed by atoms with van der Waals surface area (Å²) in [6.07, 6.45) is 0. The molecule has 3 rings (SSSR count). The Kier molecular flexibility index (Phi) is 6.92. The van der Waals surface area contributed by atoms with Gasteiger partial charge in [0.1, 0.15) is 5.76 Å². The number of hydrogen-bond donors (Lipinski definition) is 0. The van der Waals surface area contributed by atoms with Crippen molar-refractivity contribution in [2.75, 3.05) is 32.7 Å². The molecule has 28 heavy (non-hydrogen) atoms. The third-order valence-electron chi connectivity index (χ3n) is 5.70. The standard InChI is InChI=1S/C23H33N3O2/c1-5-24-12-14-25(15-13-24)23(27)22-11-10-21(28-22)17-26(18(2)3)16-20-9-7-6-8-19(20)4/h6-11,18H,5,12-17H2,1-4H3. The lowest BCUT2D eigenvalue weighted by atomic mass is 10.1. The SMILES string of the molecule is CCN1CCN(C(=O)c2ccc(CN(Cc3ccccc3C)C(C)C)o2)CC1. The number of piperazine rings is 1. The topological polar surface area (TPSA) is 39.9 Å². The van der Waals surface area contributed by atoms with Gasteiger partial charge in [0.05, 0.1) is 6.54 Å². The third-order valence-corrected chi connectivity index (χ3v) is 5.70. The molecule has 2 heterocycles. The van der Waals surface area contributed by atoms with Crippen LogP contribution in [0.1, 0.15) is 48.2 Å². The summed E-state index contributed by atoms with van der Waals surface area (Å²) in [5.74, 6) is 1.31. The van der Waals surface area contributed by atoms with Gasteiger partial charge in [-0.25, -0.2) is 0 Å². The van der Waals surface area contributed by atoms with Crippen LogP contribution in [0.15, 0.2) is 40.8 Å². The molecule has 1 aromatic carbocycles. The van der Waals surface area contributed by atoms with Gasteiger partial charge in [-0.1, -0.05) is 31.2 Å². The van der Waals surface area contributed by atoms with E-state index in [4.69, 9.17) is 4.42 Å². The Morgan fingerprint density at radius 2 is 1.79 bits per heavy atom. The highest BCUT2D eigenvalue weighted by molar-refractivity contribution is 5.91. The zero-order chi connectivity index (χ0) is 20.1. The molecule has 0 saturated carbocycles. The van der Waals surface area contributed by atoms with Gasteiger partial charge in [-0.05, 0) is 50.6 Å². The number of amides is 1. The first-order chi connectivity index (χ1) is 13.5. The minimum absolute atomic E-state index is 0.0111. The summed E-state index contributed by atoms with van der Waals surface area (Å²) < 4.78 is 5.95. The van der Waals surface area contributed by atoms with Crippen molar-refractivity contribution in [3.8, 4) is 0 Å². The summed E-state index contributed by atoms with van der Waals surface area (Å²) >= 11 is 0. The van der Waals surface area contributed by atoms with E-state index in [1.54, 1.807) is 0 Å². The second kappa shape index (κ2) is 9.39. The van der Waals surface area contributed by atoms with E-state index in [0.29, 0.717) is 18.3 Å². The van der Waals surface area contributed by atoms with E-state index < -0.39 is 0 Å². The lowest BCUT2D eigenvalue weighted by molar-refractivity contribution is 0.0608. The van der Waals surface area contributed by atoms with Gasteiger partial charge < -0.3 is 14.2 Å². The maximum atomic E-state index is 12.8. The highest BCUT2D eigenvalue weighted by atomic mass is 16.4. The molecule has 0 aliphatic carbocycles. The molecule has 1 fully saturated rings. The van der Waals surface area contributed by atoms with E-state index in [1.807, 2.05) is 17.0 Å². The van der Waals surface area contributed by atoms with Gasteiger partial charge in [-0.2, -0.15) is 0 Å². The maximum absolute atomic E-state index is 12.8. The molecule has 1 amide bonds. The largest absolute Gasteiger partial charge is 0.455 e. The number of carbonyl (C=O) groups excluding carboxylic acids is 1. The molecule has 0 radical (unpaired) electrons. The van der Waals surface area contributed by atoms with E-state index in [9.17, 15) is 4.79 Å². The molecule has 0 bridgehead atoms. The molecule has 1 aliphatic heterocycles. The summed E-state index contributed by atoms with van der Waals surface area (Å²) in [6, 6.07) is 12.6. The first-order valence-electron chi connectivity index (χ1n) is 10.4. The molecule has 0 atom stereocenters. The fraction of sp³-hybridized carbons (Fsp3) is 0.522. The molecule has 2 aromatic rings. The zero-order valence-corrected chi connectivity index (χ0v) is 17.6. The van der Waals surface area contributed by atoms with E-state index in [0.717, 1.165) is 45.0 Å². The van der Waals surface area contributed by atoms with Crippen LogP contribution in [0, 0.1) is 6.92 Å². The number of likely N-dealkylation sites (N-methyl/N-ethyl adjacent to an activating group) is 1. The van der Waals surface area contributed by atoms with Crippen LogP contribution in [0.25, 0.3) is 0 Å². The van der Waals surface area contributed by atoms with Gasteiger partial charge in [-0.3, -0.25) is 9.69 Å². The molecule has 1 aliphatic rings. The van der Waals surface area contributed by atoms with Crippen molar-refractivity contribution < 1.29 is 9.21 Å². The zero-order valence-electron chi connectivity index (χ0n) is 17.6. The van der Waals surface area contributed by atoms with Crippen LogP contribution >= 0.6 is 0 Å². The maximum Gasteiger partial charge on any atom is 0.289 e. The van der Waals surface area contributed by atoms with Crippen molar-refractivity contribution in [1.29, 1.82) is 0 Å². The summed E-state index contributed by atoms with van der Waals surface area (Å²) in [4.78, 5) is 19.4. The minimum Gasteiger partial charge on any atom is -0.455 e. The Bertz CT molecular complexity index is 776. The van der Waals surface area contributed by atoms with Crippen molar-refractivity contribution in [3.05, 3.63) is 59.0 Å². The first kappa shape index (κ1) is 20.6. The highest BCUT2D eigenvalue weighted by Gasteiger charge is 2.24. The van der Waals surface area contributed by atoms with Crippen molar-refractivity contribution in [2.24, 2.45) is 0 Å². The lowest BCUT2D eigenvalue weighted by Crippen LogP contribution is -2.48. The fourth-order valence-corrected chi connectivity index (χ4v) is 3.63. The minimum atomic E-state index is 0.0111. The summed E-state index contributed by atoms with van der Waals surface area (Å²) in [5, 5.41) is 0. The number of nitrogens with zero attached hydrogens (tertiary/aromatic N) is 3. The van der Waals surface area contributed by atoms with Crippen LogP contribution in [0.5, 0.6) is 0 Å². The molecule has 0 N–H and O–H groups in total. The fourth-order valence-electron chi connectivity index (χ4n) is 3.63. The number of rotatable bonds is 7. The van der Waals surface area contributed by atoms with Gasteiger partial charge in [0.15, 0.2) is 5.76 Å². The van der Waals surface area contributed by atoms with Gasteiger partial charge in [0.2, 0.25) is 0 Å². The highest BCUT2D eigenvalue weighted by Crippen LogP contribution is 2.19. The molecule has 0 spiro atoms. The van der Waals surface area contributed by atoms with Crippen LogP contribution in [-0.2, 0) is 13.1 Å². The number of benzene rings is 1. The summed E-state index contributed by atoms with van der Waals surface area (Å²) in [5.41, 5.74) is 2.63. The van der Waals surface area contributed by atoms with E-state index in [1.165, 1.54) is 11.1 Å². The third kappa shape index (κ3) is 5.03.